The Morgan fingerprint density at radius 1 is 0.957 bits per heavy atom. The molecule has 6 heteroatoms. The first-order chi connectivity index (χ1) is 11.2. The van der Waals surface area contributed by atoms with Gasteiger partial charge in [0, 0.05) is 5.56 Å². The van der Waals surface area contributed by atoms with Crippen molar-refractivity contribution in [3.05, 3.63) is 65.4 Å². The van der Waals surface area contributed by atoms with Crippen LogP contribution >= 0.6 is 11.6 Å². The highest BCUT2D eigenvalue weighted by Gasteiger charge is 2.14. The topological polar surface area (TPSA) is 79.0 Å². The summed E-state index contributed by atoms with van der Waals surface area (Å²) in [6, 6.07) is 18.2. The standard InChI is InChI=1S/C17H10ClN3O2/c18-17-20-15(14(10-19)16(22)21-17)11-6-8-13(9-7-11)23-12-4-2-1-3-5-12/h1-9H,(H,20,21,22). The number of rotatable bonds is 3. The minimum atomic E-state index is -0.438. The average Bonchev–Trinajstić information content (AvgIpc) is 2.56. The van der Waals surface area contributed by atoms with Crippen LogP contribution < -0.4 is 4.74 Å². The lowest BCUT2D eigenvalue weighted by atomic mass is 10.1. The largest absolute Gasteiger partial charge is 0.492 e. The molecule has 112 valence electrons. The molecule has 1 N–H and O–H groups in total. The minimum Gasteiger partial charge on any atom is -0.492 e. The number of halogens is 1. The van der Waals surface area contributed by atoms with Gasteiger partial charge in [0.2, 0.25) is 11.2 Å². The Hall–Kier alpha value is -3.10. The quantitative estimate of drug-likeness (QED) is 0.732. The second-order valence-corrected chi connectivity index (χ2v) is 4.93. The summed E-state index contributed by atoms with van der Waals surface area (Å²) in [5.74, 6) is 0.927. The van der Waals surface area contributed by atoms with Gasteiger partial charge in [-0.1, -0.05) is 18.2 Å². The van der Waals surface area contributed by atoms with E-state index in [1.54, 1.807) is 24.3 Å². The summed E-state index contributed by atoms with van der Waals surface area (Å²) in [6.45, 7) is 0. The molecule has 0 saturated carbocycles. The second-order valence-electron chi connectivity index (χ2n) is 4.59. The molecular formula is C17H10ClN3O2. The molecule has 3 rings (SSSR count). The van der Waals surface area contributed by atoms with E-state index in [2.05, 4.69) is 9.97 Å². The number of ether oxygens (including phenoxy) is 1. The van der Waals surface area contributed by atoms with E-state index in [0.29, 0.717) is 11.3 Å². The van der Waals surface area contributed by atoms with E-state index in [0.717, 1.165) is 5.75 Å². The fourth-order valence-corrected chi connectivity index (χ4v) is 2.20. The Morgan fingerprint density at radius 3 is 2.26 bits per heavy atom. The molecule has 0 aliphatic carbocycles. The molecule has 0 radical (unpaired) electrons. The van der Waals surface area contributed by atoms with Gasteiger partial charge in [0.25, 0.3) is 0 Å². The molecule has 5 nitrogen and oxygen atoms in total. The van der Waals surface area contributed by atoms with Crippen molar-refractivity contribution in [1.29, 1.82) is 5.26 Å². The maximum atomic E-state index is 9.70. The predicted molar refractivity (Wildman–Crippen MR) is 85.4 cm³/mol. The summed E-state index contributed by atoms with van der Waals surface area (Å²) in [7, 11) is 0. The molecule has 23 heavy (non-hydrogen) atoms. The van der Waals surface area contributed by atoms with Gasteiger partial charge in [-0.05, 0) is 48.0 Å². The van der Waals surface area contributed by atoms with Crippen LogP contribution in [0.2, 0.25) is 5.28 Å². The summed E-state index contributed by atoms with van der Waals surface area (Å²) in [4.78, 5) is 7.59. The molecule has 0 unspecified atom stereocenters. The SMILES string of the molecule is N#Cc1c(O)nc(Cl)nc1-c1ccc(Oc2ccccc2)cc1. The van der Waals surface area contributed by atoms with Crippen LogP contribution in [0.5, 0.6) is 17.4 Å². The first kappa shape index (κ1) is 14.8. The van der Waals surface area contributed by atoms with Crippen LogP contribution in [-0.2, 0) is 0 Å². The van der Waals surface area contributed by atoms with Gasteiger partial charge >= 0.3 is 0 Å². The fraction of sp³-hybridized carbons (Fsp3) is 0. The average molecular weight is 324 g/mol. The Balaban J connectivity index is 1.93. The van der Waals surface area contributed by atoms with Crippen molar-refractivity contribution < 1.29 is 9.84 Å². The van der Waals surface area contributed by atoms with Crippen LogP contribution in [0, 0.1) is 11.3 Å². The van der Waals surface area contributed by atoms with Gasteiger partial charge in [0.1, 0.15) is 23.1 Å². The molecule has 0 saturated heterocycles. The third-order valence-electron chi connectivity index (χ3n) is 3.08. The maximum absolute atomic E-state index is 9.70. The zero-order valence-electron chi connectivity index (χ0n) is 11.8. The zero-order chi connectivity index (χ0) is 16.2. The number of hydrogen-bond donors (Lipinski definition) is 1. The first-order valence-electron chi connectivity index (χ1n) is 6.67. The van der Waals surface area contributed by atoms with E-state index >= 15 is 0 Å². The van der Waals surface area contributed by atoms with Crippen molar-refractivity contribution in [2.75, 3.05) is 0 Å². The number of aromatic nitrogens is 2. The lowest BCUT2D eigenvalue weighted by Gasteiger charge is -2.08. The van der Waals surface area contributed by atoms with Crippen LogP contribution in [0.4, 0.5) is 0 Å². The molecule has 2 aromatic carbocycles. The summed E-state index contributed by atoms with van der Waals surface area (Å²) in [5.41, 5.74) is 0.879. The van der Waals surface area contributed by atoms with Crippen molar-refractivity contribution in [2.24, 2.45) is 0 Å². The minimum absolute atomic E-state index is 0.0221. The molecule has 0 amide bonds. The first-order valence-corrected chi connectivity index (χ1v) is 7.05. The van der Waals surface area contributed by atoms with Gasteiger partial charge in [-0.2, -0.15) is 10.2 Å². The summed E-state index contributed by atoms with van der Waals surface area (Å²) >= 11 is 5.75. The number of benzene rings is 2. The van der Waals surface area contributed by atoms with E-state index in [9.17, 15) is 5.11 Å². The lowest BCUT2D eigenvalue weighted by molar-refractivity contribution is 0.450. The van der Waals surface area contributed by atoms with Crippen LogP contribution in [-0.4, -0.2) is 15.1 Å². The smallest absolute Gasteiger partial charge is 0.234 e. The van der Waals surface area contributed by atoms with Gasteiger partial charge in [-0.25, -0.2) is 4.98 Å². The number of para-hydroxylation sites is 1. The molecular weight excluding hydrogens is 314 g/mol. The van der Waals surface area contributed by atoms with E-state index in [1.807, 2.05) is 36.4 Å². The molecule has 1 aromatic heterocycles. The Labute approximate surface area is 137 Å². The zero-order valence-corrected chi connectivity index (χ0v) is 12.5. The van der Waals surface area contributed by atoms with Crippen molar-refractivity contribution in [3.63, 3.8) is 0 Å². The van der Waals surface area contributed by atoms with E-state index < -0.39 is 5.88 Å². The van der Waals surface area contributed by atoms with Crippen LogP contribution in [0.25, 0.3) is 11.3 Å². The van der Waals surface area contributed by atoms with Crippen LogP contribution in [0.1, 0.15) is 5.56 Å². The third-order valence-corrected chi connectivity index (χ3v) is 3.25. The molecule has 0 aliphatic rings. The number of nitrogens with zero attached hydrogens (tertiary/aromatic N) is 3. The highest BCUT2D eigenvalue weighted by molar-refractivity contribution is 6.28. The van der Waals surface area contributed by atoms with Crippen LogP contribution in [0.3, 0.4) is 0 Å². The Morgan fingerprint density at radius 2 is 1.61 bits per heavy atom. The van der Waals surface area contributed by atoms with Crippen molar-refractivity contribution in [2.45, 2.75) is 0 Å². The van der Waals surface area contributed by atoms with E-state index in [1.165, 1.54) is 0 Å². The predicted octanol–water partition coefficient (Wildman–Crippen LogP) is 4.17. The summed E-state index contributed by atoms with van der Waals surface area (Å²) in [5, 5.41) is 18.7. The highest BCUT2D eigenvalue weighted by Crippen LogP contribution is 2.30. The molecule has 0 spiro atoms. The third kappa shape index (κ3) is 3.23. The van der Waals surface area contributed by atoms with Gasteiger partial charge in [0.05, 0.1) is 5.69 Å². The molecule has 1 heterocycles. The van der Waals surface area contributed by atoms with Crippen LogP contribution in [0.15, 0.2) is 54.6 Å². The summed E-state index contributed by atoms with van der Waals surface area (Å²) < 4.78 is 5.70. The van der Waals surface area contributed by atoms with Gasteiger partial charge in [-0.3, -0.25) is 0 Å². The number of nitriles is 1. The lowest BCUT2D eigenvalue weighted by Crippen LogP contribution is -1.94. The van der Waals surface area contributed by atoms with Gasteiger partial charge < -0.3 is 9.84 Å². The highest BCUT2D eigenvalue weighted by atomic mass is 35.5. The number of aromatic hydroxyl groups is 1. The van der Waals surface area contributed by atoms with Gasteiger partial charge in [0.15, 0.2) is 0 Å². The molecule has 3 aromatic rings. The summed E-state index contributed by atoms with van der Waals surface area (Å²) in [6.07, 6.45) is 0. The van der Waals surface area contributed by atoms with E-state index in [4.69, 9.17) is 21.6 Å². The molecule has 0 bridgehead atoms. The van der Waals surface area contributed by atoms with Crippen molar-refractivity contribution >= 4 is 11.6 Å². The monoisotopic (exact) mass is 323 g/mol. The van der Waals surface area contributed by atoms with E-state index in [-0.39, 0.29) is 16.5 Å². The number of hydrogen-bond acceptors (Lipinski definition) is 5. The normalized spacial score (nSPS) is 10.1. The second kappa shape index (κ2) is 6.34. The van der Waals surface area contributed by atoms with Gasteiger partial charge in [-0.15, -0.1) is 0 Å². The van der Waals surface area contributed by atoms with Crippen molar-refractivity contribution in [3.8, 4) is 34.7 Å². The molecule has 0 fully saturated rings. The maximum Gasteiger partial charge on any atom is 0.234 e. The van der Waals surface area contributed by atoms with Crippen molar-refractivity contribution in [1.82, 2.24) is 9.97 Å². The Kier molecular flexibility index (Phi) is 4.09. The molecule has 0 aliphatic heterocycles. The fourth-order valence-electron chi connectivity index (χ4n) is 2.04. The Bertz CT molecular complexity index is 875. The molecule has 0 atom stereocenters.